The van der Waals surface area contributed by atoms with Crippen molar-refractivity contribution in [3.8, 4) is 12.1 Å². The molecule has 15 heteroatoms. The number of aliphatic hydroxyl groups is 1. The van der Waals surface area contributed by atoms with Crippen molar-refractivity contribution in [3.63, 3.8) is 0 Å². The van der Waals surface area contributed by atoms with Crippen molar-refractivity contribution in [1.82, 2.24) is 30.2 Å². The molecule has 2 aliphatic rings. The Morgan fingerprint density at radius 3 is 2.67 bits per heavy atom. The summed E-state index contributed by atoms with van der Waals surface area (Å²) in [6, 6.07) is 7.20. The smallest absolute Gasteiger partial charge is 0.404 e. The lowest BCUT2D eigenvalue weighted by atomic mass is 9.97. The molecule has 1 aliphatic carbocycles. The van der Waals surface area contributed by atoms with Crippen LogP contribution in [0.3, 0.4) is 0 Å². The van der Waals surface area contributed by atoms with Gasteiger partial charge in [0.1, 0.15) is 6.07 Å². The molecular formula is C27H32ClN11O3. The topological polar surface area (TPSA) is 200 Å². The lowest BCUT2D eigenvalue weighted by molar-refractivity contribution is 0.0696. The Morgan fingerprint density at radius 1 is 1.21 bits per heavy atom. The number of hydrogen-bond acceptors (Lipinski definition) is 11. The van der Waals surface area contributed by atoms with Crippen LogP contribution in [0.15, 0.2) is 18.3 Å². The third kappa shape index (κ3) is 6.74. The second kappa shape index (κ2) is 11.9. The number of benzene rings is 1. The van der Waals surface area contributed by atoms with E-state index in [1.807, 2.05) is 4.90 Å². The van der Waals surface area contributed by atoms with Crippen LogP contribution in [0.2, 0.25) is 5.02 Å². The molecule has 0 unspecified atom stereocenters. The maximum Gasteiger partial charge on any atom is 0.404 e. The van der Waals surface area contributed by atoms with E-state index in [1.54, 1.807) is 26.0 Å². The molecular weight excluding hydrogens is 562 g/mol. The molecule has 42 heavy (non-hydrogen) atoms. The second-order valence-electron chi connectivity index (χ2n) is 11.2. The van der Waals surface area contributed by atoms with Crippen LogP contribution >= 0.6 is 11.6 Å². The number of hydrogen-bond donors (Lipinski definition) is 6. The lowest BCUT2D eigenvalue weighted by Crippen LogP contribution is -2.60. The quantitative estimate of drug-likeness (QED) is 0.201. The van der Waals surface area contributed by atoms with Crippen LogP contribution in [0.25, 0.3) is 5.65 Å². The molecule has 1 aliphatic heterocycles. The number of anilines is 4. The highest BCUT2D eigenvalue weighted by Gasteiger charge is 2.32. The molecule has 6 N–H and O–H groups in total. The zero-order valence-electron chi connectivity index (χ0n) is 23.2. The van der Waals surface area contributed by atoms with Crippen molar-refractivity contribution >= 4 is 46.5 Å². The van der Waals surface area contributed by atoms with Crippen molar-refractivity contribution in [1.29, 1.82) is 10.5 Å². The molecule has 0 bridgehead atoms. The van der Waals surface area contributed by atoms with Crippen LogP contribution < -0.4 is 26.2 Å². The Hall–Kier alpha value is -4.37. The van der Waals surface area contributed by atoms with E-state index >= 15 is 0 Å². The number of imidazole rings is 1. The lowest BCUT2D eigenvalue weighted by Gasteiger charge is -2.41. The standard InChI is InChI=1S/C27H32ClN11O3/c1-27(2,42)6-7-31-20-14-38(8-5-18(20)35-26(40)41)21-10-15(11-29)9-19(22(21)28)34-25-36-23(33-16-3-4-16)24-32-13-17(12-30)39(24)37-25/h9-10,13,16,18,20,31,35,42H,3-8,14H2,1-2H3,(H,40,41)(H2,33,34,36,37)/t18-,20-/m0/s1. The van der Waals surface area contributed by atoms with Crippen molar-refractivity contribution in [2.45, 2.75) is 63.3 Å². The summed E-state index contributed by atoms with van der Waals surface area (Å²) in [6.45, 7) is 4.81. The molecule has 5 rings (SSSR count). The van der Waals surface area contributed by atoms with Gasteiger partial charge in [0.05, 0.1) is 45.9 Å². The van der Waals surface area contributed by atoms with Gasteiger partial charge in [0.2, 0.25) is 5.95 Å². The number of nitrogens with zero attached hydrogens (tertiary/aromatic N) is 7. The first-order valence-corrected chi connectivity index (χ1v) is 14.1. The number of halogens is 1. The summed E-state index contributed by atoms with van der Waals surface area (Å²) < 4.78 is 1.41. The number of amides is 1. The molecule has 2 atom stereocenters. The van der Waals surface area contributed by atoms with Gasteiger partial charge in [-0.05, 0) is 58.2 Å². The van der Waals surface area contributed by atoms with Crippen LogP contribution in [-0.4, -0.2) is 79.2 Å². The van der Waals surface area contributed by atoms with E-state index in [4.69, 9.17) is 11.6 Å². The van der Waals surface area contributed by atoms with Crippen LogP contribution in [0, 0.1) is 22.7 Å². The van der Waals surface area contributed by atoms with Gasteiger partial charge < -0.3 is 36.4 Å². The summed E-state index contributed by atoms with van der Waals surface area (Å²) in [6.07, 6.45) is 3.32. The van der Waals surface area contributed by atoms with Gasteiger partial charge in [0, 0.05) is 25.2 Å². The van der Waals surface area contributed by atoms with Gasteiger partial charge >= 0.3 is 6.09 Å². The minimum Gasteiger partial charge on any atom is -0.465 e. The predicted octanol–water partition coefficient (Wildman–Crippen LogP) is 2.80. The van der Waals surface area contributed by atoms with Gasteiger partial charge in [-0.15, -0.1) is 5.10 Å². The maximum atomic E-state index is 11.4. The first-order valence-electron chi connectivity index (χ1n) is 13.7. The first kappa shape index (κ1) is 29.1. The average Bonchev–Trinajstić information content (AvgIpc) is 3.65. The predicted molar refractivity (Wildman–Crippen MR) is 156 cm³/mol. The van der Waals surface area contributed by atoms with E-state index in [1.165, 1.54) is 10.7 Å². The van der Waals surface area contributed by atoms with Gasteiger partial charge in [0.25, 0.3) is 0 Å². The molecule has 3 aromatic rings. The van der Waals surface area contributed by atoms with Crippen LogP contribution in [0.1, 0.15) is 50.8 Å². The molecule has 1 amide bonds. The third-order valence-corrected chi connectivity index (χ3v) is 7.63. The fourth-order valence-electron chi connectivity index (χ4n) is 4.92. The van der Waals surface area contributed by atoms with Crippen LogP contribution in [-0.2, 0) is 0 Å². The molecule has 2 fully saturated rings. The average molecular weight is 594 g/mol. The number of nitriles is 2. The number of carbonyl (C=O) groups is 1. The first-order chi connectivity index (χ1) is 20.0. The summed E-state index contributed by atoms with van der Waals surface area (Å²) in [5, 5.41) is 56.0. The number of carboxylic acid groups (broad SMARTS) is 1. The number of rotatable bonds is 10. The van der Waals surface area contributed by atoms with Gasteiger partial charge in [-0.25, -0.2) is 9.78 Å². The Morgan fingerprint density at radius 2 is 2.00 bits per heavy atom. The van der Waals surface area contributed by atoms with Gasteiger partial charge in [-0.1, -0.05) is 11.6 Å². The van der Waals surface area contributed by atoms with Crippen LogP contribution in [0.5, 0.6) is 0 Å². The fraction of sp³-hybridized carbons (Fsp3) is 0.481. The molecule has 1 saturated heterocycles. The number of nitrogens with one attached hydrogen (secondary N) is 4. The molecule has 0 spiro atoms. The molecule has 0 radical (unpaired) electrons. The van der Waals surface area contributed by atoms with E-state index in [9.17, 15) is 25.5 Å². The largest absolute Gasteiger partial charge is 0.465 e. The fourth-order valence-corrected chi connectivity index (χ4v) is 5.19. The minimum atomic E-state index is -1.11. The van der Waals surface area contributed by atoms with Gasteiger partial charge in [0.15, 0.2) is 17.2 Å². The maximum absolute atomic E-state index is 11.4. The number of piperidine rings is 1. The van der Waals surface area contributed by atoms with E-state index in [0.29, 0.717) is 65.9 Å². The number of fused-ring (bicyclic) bond motifs is 1. The second-order valence-corrected chi connectivity index (χ2v) is 11.6. The Labute approximate surface area is 247 Å². The zero-order chi connectivity index (χ0) is 30.0. The summed E-state index contributed by atoms with van der Waals surface area (Å²) in [5.74, 6) is 0.649. The normalized spacial score (nSPS) is 18.8. The monoisotopic (exact) mass is 593 g/mol. The summed E-state index contributed by atoms with van der Waals surface area (Å²) in [5.41, 5.74) is 1.16. The van der Waals surface area contributed by atoms with Crippen LogP contribution in [0.4, 0.5) is 27.9 Å². The summed E-state index contributed by atoms with van der Waals surface area (Å²) in [4.78, 5) is 22.3. The summed E-state index contributed by atoms with van der Waals surface area (Å²) >= 11 is 6.92. The SMILES string of the molecule is CC(C)(O)CCN[C@H]1CN(c2cc(C#N)cc(Nc3nc(NC4CC4)c4ncc(C#N)n4n3)c2Cl)CC[C@@H]1NC(=O)O. The van der Waals surface area contributed by atoms with Gasteiger partial charge in [-0.2, -0.15) is 20.0 Å². The molecule has 1 aromatic carbocycles. The summed E-state index contributed by atoms with van der Waals surface area (Å²) in [7, 11) is 0. The van der Waals surface area contributed by atoms with E-state index < -0.39 is 11.7 Å². The Bertz CT molecular complexity index is 1570. The Balaban J connectivity index is 1.44. The van der Waals surface area contributed by atoms with Crippen molar-refractivity contribution in [2.75, 3.05) is 35.2 Å². The highest BCUT2D eigenvalue weighted by atomic mass is 35.5. The van der Waals surface area contributed by atoms with Crippen molar-refractivity contribution < 1.29 is 15.0 Å². The third-order valence-electron chi connectivity index (χ3n) is 7.23. The Kier molecular flexibility index (Phi) is 8.22. The molecule has 3 heterocycles. The molecule has 14 nitrogen and oxygen atoms in total. The van der Waals surface area contributed by atoms with Gasteiger partial charge in [-0.3, -0.25) is 0 Å². The zero-order valence-corrected chi connectivity index (χ0v) is 24.0. The molecule has 1 saturated carbocycles. The minimum absolute atomic E-state index is 0.165. The van der Waals surface area contributed by atoms with E-state index in [2.05, 4.69) is 48.5 Å². The van der Waals surface area contributed by atoms with Crippen molar-refractivity contribution in [2.24, 2.45) is 0 Å². The van der Waals surface area contributed by atoms with E-state index in [0.717, 1.165) is 12.8 Å². The molecule has 2 aromatic heterocycles. The molecule has 220 valence electrons. The number of aromatic nitrogens is 4. The highest BCUT2D eigenvalue weighted by Crippen LogP contribution is 2.37. The van der Waals surface area contributed by atoms with Crippen molar-refractivity contribution in [3.05, 3.63) is 34.6 Å². The van der Waals surface area contributed by atoms with E-state index in [-0.39, 0.29) is 29.8 Å². The highest BCUT2D eigenvalue weighted by molar-refractivity contribution is 6.36.